The fourth-order valence-electron chi connectivity index (χ4n) is 1.32. The van der Waals surface area contributed by atoms with Gasteiger partial charge in [0.2, 0.25) is 5.89 Å². The molecule has 1 heterocycles. The van der Waals surface area contributed by atoms with Gasteiger partial charge in [-0.05, 0) is 24.1 Å². The summed E-state index contributed by atoms with van der Waals surface area (Å²) in [6, 6.07) is 6.50. The molecule has 0 aliphatic rings. The van der Waals surface area contributed by atoms with Crippen molar-refractivity contribution in [3.05, 3.63) is 41.5 Å². The number of nitrogens with two attached hydrogens (primary N) is 1. The number of rotatable bonds is 4. The van der Waals surface area contributed by atoms with Crippen LogP contribution in [0.2, 0.25) is 0 Å². The van der Waals surface area contributed by atoms with Crippen molar-refractivity contribution in [2.75, 3.05) is 5.43 Å². The second-order valence-electron chi connectivity index (χ2n) is 3.27. The number of halogens is 1. The molecule has 1 aromatic carbocycles. The number of nitrogens with zero attached hydrogens (tertiary/aromatic N) is 2. The third kappa shape index (κ3) is 2.54. The van der Waals surface area contributed by atoms with Gasteiger partial charge in [-0.25, -0.2) is 10.2 Å². The van der Waals surface area contributed by atoms with Crippen molar-refractivity contribution in [1.29, 1.82) is 0 Å². The Hall–Kier alpha value is -1.95. The molecule has 0 aliphatic heterocycles. The Morgan fingerprint density at radius 1 is 1.19 bits per heavy atom. The Labute approximate surface area is 91.4 Å². The number of hydrogen-bond acceptors (Lipinski definition) is 5. The van der Waals surface area contributed by atoms with Crippen LogP contribution in [0.1, 0.15) is 11.5 Å². The van der Waals surface area contributed by atoms with Crippen LogP contribution in [0.3, 0.4) is 0 Å². The average Bonchev–Trinajstić information content (AvgIpc) is 2.76. The molecule has 0 radical (unpaired) electrons. The molecule has 84 valence electrons. The van der Waals surface area contributed by atoms with Gasteiger partial charge < -0.3 is 4.42 Å². The molecule has 0 unspecified atom stereocenters. The van der Waals surface area contributed by atoms with E-state index in [1.54, 1.807) is 12.1 Å². The van der Waals surface area contributed by atoms with E-state index in [-0.39, 0.29) is 11.8 Å². The number of anilines is 1. The second kappa shape index (κ2) is 4.71. The lowest BCUT2D eigenvalue weighted by atomic mass is 10.1. The first kappa shape index (κ1) is 10.6. The summed E-state index contributed by atoms with van der Waals surface area (Å²) in [5, 5.41) is 7.43. The minimum absolute atomic E-state index is 0.189. The first-order valence-corrected chi connectivity index (χ1v) is 4.81. The number of aromatic nitrogens is 2. The summed E-state index contributed by atoms with van der Waals surface area (Å²) in [6.07, 6.45) is 1.31. The number of nitrogens with one attached hydrogen (secondary N) is 1. The Kier molecular flexibility index (Phi) is 3.11. The zero-order chi connectivity index (χ0) is 11.4. The number of hydrazine groups is 1. The number of nitrogen functional groups attached to an aromatic ring is 1. The van der Waals surface area contributed by atoms with Crippen LogP contribution in [0.4, 0.5) is 10.4 Å². The standard InChI is InChI=1S/C10H11FN4O/c11-8-4-1-7(2-5-8)3-6-9-14-15-10(13-12)16-9/h1-2,4-5H,3,6,12H2,(H,13,15). The molecule has 0 saturated heterocycles. The van der Waals surface area contributed by atoms with Gasteiger partial charge in [0.05, 0.1) is 0 Å². The van der Waals surface area contributed by atoms with Crippen LogP contribution in [-0.2, 0) is 12.8 Å². The number of hydrogen-bond donors (Lipinski definition) is 2. The second-order valence-corrected chi connectivity index (χ2v) is 3.27. The fraction of sp³-hybridized carbons (Fsp3) is 0.200. The van der Waals surface area contributed by atoms with Gasteiger partial charge in [0.15, 0.2) is 0 Å². The van der Waals surface area contributed by atoms with Crippen LogP contribution in [-0.4, -0.2) is 10.2 Å². The van der Waals surface area contributed by atoms with Crippen LogP contribution < -0.4 is 11.3 Å². The van der Waals surface area contributed by atoms with Crippen molar-refractivity contribution in [2.45, 2.75) is 12.8 Å². The predicted octanol–water partition coefficient (Wildman–Crippen LogP) is 1.28. The predicted molar refractivity (Wildman–Crippen MR) is 55.9 cm³/mol. The lowest BCUT2D eigenvalue weighted by Gasteiger charge is -1.97. The van der Waals surface area contributed by atoms with Crippen molar-refractivity contribution < 1.29 is 8.81 Å². The highest BCUT2D eigenvalue weighted by molar-refractivity contribution is 5.17. The van der Waals surface area contributed by atoms with E-state index in [0.29, 0.717) is 18.7 Å². The number of aryl methyl sites for hydroxylation is 2. The SMILES string of the molecule is NNc1nnc(CCc2ccc(F)cc2)o1. The first-order valence-electron chi connectivity index (χ1n) is 4.81. The fourth-order valence-corrected chi connectivity index (χ4v) is 1.32. The molecule has 6 heteroatoms. The number of benzene rings is 1. The molecule has 2 aromatic rings. The highest BCUT2D eigenvalue weighted by atomic mass is 19.1. The monoisotopic (exact) mass is 222 g/mol. The molecule has 0 spiro atoms. The van der Waals surface area contributed by atoms with Gasteiger partial charge in [-0.2, -0.15) is 0 Å². The van der Waals surface area contributed by atoms with Gasteiger partial charge in [-0.1, -0.05) is 17.2 Å². The topological polar surface area (TPSA) is 77.0 Å². The highest BCUT2D eigenvalue weighted by Gasteiger charge is 2.04. The van der Waals surface area contributed by atoms with Gasteiger partial charge in [-0.3, -0.25) is 5.43 Å². The molecule has 3 N–H and O–H groups in total. The molecule has 16 heavy (non-hydrogen) atoms. The van der Waals surface area contributed by atoms with Gasteiger partial charge in [0, 0.05) is 6.42 Å². The first-order chi connectivity index (χ1) is 7.78. The summed E-state index contributed by atoms with van der Waals surface area (Å²) in [4.78, 5) is 0. The summed E-state index contributed by atoms with van der Waals surface area (Å²) >= 11 is 0. The minimum atomic E-state index is -0.240. The van der Waals surface area contributed by atoms with E-state index >= 15 is 0 Å². The maximum atomic E-state index is 12.6. The van der Waals surface area contributed by atoms with E-state index in [9.17, 15) is 4.39 Å². The normalized spacial score (nSPS) is 10.4. The molecular formula is C10H11FN4O. The van der Waals surface area contributed by atoms with Gasteiger partial charge >= 0.3 is 6.01 Å². The van der Waals surface area contributed by atoms with Crippen molar-refractivity contribution in [3.63, 3.8) is 0 Å². The molecule has 0 atom stereocenters. The van der Waals surface area contributed by atoms with E-state index in [1.807, 2.05) is 0 Å². The molecule has 0 amide bonds. The highest BCUT2D eigenvalue weighted by Crippen LogP contribution is 2.09. The summed E-state index contributed by atoms with van der Waals surface area (Å²) in [5.74, 6) is 5.36. The van der Waals surface area contributed by atoms with Gasteiger partial charge in [0.25, 0.3) is 0 Å². The van der Waals surface area contributed by atoms with Crippen LogP contribution in [0.5, 0.6) is 0 Å². The molecule has 0 saturated carbocycles. The Bertz CT molecular complexity index is 454. The smallest absolute Gasteiger partial charge is 0.330 e. The summed E-state index contributed by atoms with van der Waals surface area (Å²) in [7, 11) is 0. The Morgan fingerprint density at radius 2 is 1.94 bits per heavy atom. The van der Waals surface area contributed by atoms with E-state index in [0.717, 1.165) is 5.56 Å². The van der Waals surface area contributed by atoms with Crippen molar-refractivity contribution in [1.82, 2.24) is 10.2 Å². The zero-order valence-electron chi connectivity index (χ0n) is 8.48. The molecule has 0 fully saturated rings. The van der Waals surface area contributed by atoms with E-state index < -0.39 is 0 Å². The molecule has 2 rings (SSSR count). The minimum Gasteiger partial charge on any atom is -0.407 e. The molecule has 1 aromatic heterocycles. The van der Waals surface area contributed by atoms with Crippen LogP contribution in [0.25, 0.3) is 0 Å². The summed E-state index contributed by atoms with van der Waals surface area (Å²) in [5.41, 5.74) is 3.28. The van der Waals surface area contributed by atoms with E-state index in [4.69, 9.17) is 10.3 Å². The summed E-state index contributed by atoms with van der Waals surface area (Å²) < 4.78 is 17.8. The van der Waals surface area contributed by atoms with E-state index in [2.05, 4.69) is 15.6 Å². The summed E-state index contributed by atoms with van der Waals surface area (Å²) in [6.45, 7) is 0. The third-order valence-corrected chi connectivity index (χ3v) is 2.13. The maximum absolute atomic E-state index is 12.6. The molecular weight excluding hydrogens is 211 g/mol. The van der Waals surface area contributed by atoms with Crippen LogP contribution in [0, 0.1) is 5.82 Å². The van der Waals surface area contributed by atoms with Gasteiger partial charge in [0.1, 0.15) is 5.82 Å². The van der Waals surface area contributed by atoms with Crippen molar-refractivity contribution in [2.24, 2.45) is 5.84 Å². The van der Waals surface area contributed by atoms with Crippen molar-refractivity contribution in [3.8, 4) is 0 Å². The lowest BCUT2D eigenvalue weighted by molar-refractivity contribution is 0.504. The van der Waals surface area contributed by atoms with Crippen LogP contribution in [0.15, 0.2) is 28.7 Å². The zero-order valence-corrected chi connectivity index (χ0v) is 8.48. The average molecular weight is 222 g/mol. The quantitative estimate of drug-likeness (QED) is 0.602. The van der Waals surface area contributed by atoms with Crippen LogP contribution >= 0.6 is 0 Å². The molecule has 5 nitrogen and oxygen atoms in total. The molecule has 0 aliphatic carbocycles. The van der Waals surface area contributed by atoms with Gasteiger partial charge in [-0.15, -0.1) is 5.10 Å². The van der Waals surface area contributed by atoms with Crippen molar-refractivity contribution >= 4 is 6.01 Å². The lowest BCUT2D eigenvalue weighted by Crippen LogP contribution is -2.06. The Balaban J connectivity index is 1.94. The largest absolute Gasteiger partial charge is 0.407 e. The van der Waals surface area contributed by atoms with E-state index in [1.165, 1.54) is 12.1 Å². The third-order valence-electron chi connectivity index (χ3n) is 2.13. The Morgan fingerprint density at radius 3 is 2.56 bits per heavy atom. The maximum Gasteiger partial charge on any atom is 0.330 e. The molecule has 0 bridgehead atoms.